The number of carboxylic acid groups (broad SMARTS) is 1. The van der Waals surface area contributed by atoms with E-state index in [-0.39, 0.29) is 12.5 Å². The number of amides is 1. The van der Waals surface area contributed by atoms with Crippen molar-refractivity contribution in [2.45, 2.75) is 20.3 Å². The molecular formula is C15H21NO4. The molecule has 1 rings (SSSR count). The second-order valence-electron chi connectivity index (χ2n) is 4.80. The maximum atomic E-state index is 12.2. The molecule has 0 saturated heterocycles. The molecule has 0 spiro atoms. The molecule has 1 atom stereocenters. The molecule has 1 unspecified atom stereocenters. The van der Waals surface area contributed by atoms with E-state index in [0.717, 1.165) is 6.42 Å². The van der Waals surface area contributed by atoms with Crippen molar-refractivity contribution in [3.63, 3.8) is 0 Å². The van der Waals surface area contributed by atoms with Gasteiger partial charge in [-0.1, -0.05) is 19.9 Å². The highest BCUT2D eigenvalue weighted by molar-refractivity contribution is 5.94. The molecule has 0 aliphatic carbocycles. The van der Waals surface area contributed by atoms with Gasteiger partial charge in [-0.25, -0.2) is 0 Å². The summed E-state index contributed by atoms with van der Waals surface area (Å²) in [4.78, 5) is 24.4. The zero-order valence-corrected chi connectivity index (χ0v) is 12.1. The number of carboxylic acids is 1. The van der Waals surface area contributed by atoms with E-state index in [1.807, 2.05) is 6.92 Å². The third kappa shape index (κ3) is 4.57. The third-order valence-corrected chi connectivity index (χ3v) is 2.87. The number of carbonyl (C=O) groups is 2. The fourth-order valence-electron chi connectivity index (χ4n) is 1.73. The van der Waals surface area contributed by atoms with Crippen molar-refractivity contribution in [1.82, 2.24) is 4.90 Å². The molecule has 1 amide bonds. The van der Waals surface area contributed by atoms with Gasteiger partial charge in [-0.3, -0.25) is 9.59 Å². The van der Waals surface area contributed by atoms with Crippen LogP contribution in [0.4, 0.5) is 0 Å². The molecule has 0 aliphatic rings. The van der Waals surface area contributed by atoms with Crippen LogP contribution in [0, 0.1) is 5.92 Å². The summed E-state index contributed by atoms with van der Waals surface area (Å²) in [5, 5.41) is 8.87. The summed E-state index contributed by atoms with van der Waals surface area (Å²) in [5.41, 5.74) is 0.499. The van der Waals surface area contributed by atoms with E-state index < -0.39 is 11.9 Å². The Bertz CT molecular complexity index is 473. The molecule has 0 aliphatic heterocycles. The summed E-state index contributed by atoms with van der Waals surface area (Å²) in [7, 11) is 1.60. The van der Waals surface area contributed by atoms with Gasteiger partial charge in [-0.2, -0.15) is 0 Å². The first kappa shape index (κ1) is 16.0. The summed E-state index contributed by atoms with van der Waals surface area (Å²) in [6, 6.07) is 6.93. The van der Waals surface area contributed by atoms with Crippen LogP contribution >= 0.6 is 0 Å². The minimum Gasteiger partial charge on any atom is -0.494 e. The summed E-state index contributed by atoms with van der Waals surface area (Å²) >= 11 is 0. The Morgan fingerprint density at radius 1 is 1.40 bits per heavy atom. The number of benzene rings is 1. The van der Waals surface area contributed by atoms with E-state index >= 15 is 0 Å². The van der Waals surface area contributed by atoms with Gasteiger partial charge in [-0.15, -0.1) is 0 Å². The molecule has 0 fully saturated rings. The van der Waals surface area contributed by atoms with E-state index in [2.05, 4.69) is 0 Å². The van der Waals surface area contributed by atoms with E-state index in [0.29, 0.717) is 17.9 Å². The highest BCUT2D eigenvalue weighted by atomic mass is 16.5. The summed E-state index contributed by atoms with van der Waals surface area (Å²) in [5.74, 6) is -1.06. The minimum atomic E-state index is -0.912. The number of aliphatic carboxylic acids is 1. The quantitative estimate of drug-likeness (QED) is 0.831. The van der Waals surface area contributed by atoms with Gasteiger partial charge in [0.2, 0.25) is 0 Å². The predicted octanol–water partition coefficient (Wildman–Crippen LogP) is 2.27. The molecular weight excluding hydrogens is 258 g/mol. The Kier molecular flexibility index (Phi) is 6.03. The highest BCUT2D eigenvalue weighted by Crippen LogP contribution is 2.15. The van der Waals surface area contributed by atoms with Crippen LogP contribution in [0.25, 0.3) is 0 Å². The van der Waals surface area contributed by atoms with Crippen molar-refractivity contribution < 1.29 is 19.4 Å². The molecule has 0 radical (unpaired) electrons. The molecule has 110 valence electrons. The van der Waals surface area contributed by atoms with Crippen LogP contribution in [0.3, 0.4) is 0 Å². The molecule has 0 heterocycles. The van der Waals surface area contributed by atoms with Gasteiger partial charge in [0.05, 0.1) is 12.5 Å². The van der Waals surface area contributed by atoms with Gasteiger partial charge in [0, 0.05) is 19.2 Å². The molecule has 1 N–H and O–H groups in total. The Labute approximate surface area is 119 Å². The molecule has 0 bridgehead atoms. The maximum absolute atomic E-state index is 12.2. The van der Waals surface area contributed by atoms with Crippen molar-refractivity contribution in [2.75, 3.05) is 20.2 Å². The number of hydrogen-bond donors (Lipinski definition) is 1. The average Bonchev–Trinajstić information content (AvgIpc) is 2.44. The van der Waals surface area contributed by atoms with E-state index in [9.17, 15) is 9.59 Å². The van der Waals surface area contributed by atoms with Crippen LogP contribution in [0.15, 0.2) is 24.3 Å². The third-order valence-electron chi connectivity index (χ3n) is 2.87. The topological polar surface area (TPSA) is 66.8 Å². The molecule has 0 aromatic heterocycles. The van der Waals surface area contributed by atoms with Gasteiger partial charge < -0.3 is 14.7 Å². The zero-order chi connectivity index (χ0) is 15.1. The fourth-order valence-corrected chi connectivity index (χ4v) is 1.73. The molecule has 0 saturated carbocycles. The SMILES string of the molecule is CCCOc1cccc(C(=O)N(C)CC(C)C(=O)O)c1. The smallest absolute Gasteiger partial charge is 0.308 e. The number of nitrogens with zero attached hydrogens (tertiary/aromatic N) is 1. The van der Waals surface area contributed by atoms with Crippen LogP contribution in [-0.2, 0) is 4.79 Å². The second kappa shape index (κ2) is 7.53. The van der Waals surface area contributed by atoms with Gasteiger partial charge in [0.1, 0.15) is 5.75 Å². The number of carbonyl (C=O) groups excluding carboxylic acids is 1. The van der Waals surface area contributed by atoms with E-state index in [1.165, 1.54) is 4.90 Å². The van der Waals surface area contributed by atoms with Crippen LogP contribution in [0.2, 0.25) is 0 Å². The lowest BCUT2D eigenvalue weighted by Crippen LogP contribution is -2.33. The first-order valence-corrected chi connectivity index (χ1v) is 6.66. The van der Waals surface area contributed by atoms with Gasteiger partial charge >= 0.3 is 5.97 Å². The Morgan fingerprint density at radius 2 is 2.10 bits per heavy atom. The normalized spacial score (nSPS) is 11.8. The average molecular weight is 279 g/mol. The van der Waals surface area contributed by atoms with E-state index in [1.54, 1.807) is 38.2 Å². The zero-order valence-electron chi connectivity index (χ0n) is 12.1. The summed E-state index contributed by atoms with van der Waals surface area (Å²) in [6.45, 7) is 4.36. The monoisotopic (exact) mass is 279 g/mol. The fraction of sp³-hybridized carbons (Fsp3) is 0.467. The summed E-state index contributed by atoms with van der Waals surface area (Å²) in [6.07, 6.45) is 0.897. The lowest BCUT2D eigenvalue weighted by atomic mass is 10.1. The van der Waals surface area contributed by atoms with Gasteiger partial charge in [-0.05, 0) is 24.6 Å². The lowest BCUT2D eigenvalue weighted by Gasteiger charge is -2.19. The Morgan fingerprint density at radius 3 is 2.70 bits per heavy atom. The molecule has 20 heavy (non-hydrogen) atoms. The molecule has 5 nitrogen and oxygen atoms in total. The lowest BCUT2D eigenvalue weighted by molar-refractivity contribution is -0.141. The molecule has 1 aromatic carbocycles. The first-order chi connectivity index (χ1) is 9.45. The standard InChI is InChI=1S/C15H21NO4/c1-4-8-20-13-7-5-6-12(9-13)14(17)16(3)10-11(2)15(18)19/h5-7,9,11H,4,8,10H2,1-3H3,(H,18,19). The maximum Gasteiger partial charge on any atom is 0.308 e. The van der Waals surface area contributed by atoms with Crippen molar-refractivity contribution in [3.8, 4) is 5.75 Å². The Hall–Kier alpha value is -2.04. The number of hydrogen-bond acceptors (Lipinski definition) is 3. The number of rotatable bonds is 7. The number of ether oxygens (including phenoxy) is 1. The molecule has 1 aromatic rings. The van der Waals surface area contributed by atoms with Gasteiger partial charge in [0.25, 0.3) is 5.91 Å². The van der Waals surface area contributed by atoms with E-state index in [4.69, 9.17) is 9.84 Å². The Balaban J connectivity index is 2.73. The molecule has 5 heteroatoms. The van der Waals surface area contributed by atoms with Crippen molar-refractivity contribution in [3.05, 3.63) is 29.8 Å². The predicted molar refractivity (Wildman–Crippen MR) is 76.0 cm³/mol. The first-order valence-electron chi connectivity index (χ1n) is 6.66. The van der Waals surface area contributed by atoms with Crippen molar-refractivity contribution in [2.24, 2.45) is 5.92 Å². The minimum absolute atomic E-state index is 0.175. The second-order valence-corrected chi connectivity index (χ2v) is 4.80. The van der Waals surface area contributed by atoms with Gasteiger partial charge in [0.15, 0.2) is 0 Å². The van der Waals surface area contributed by atoms with Crippen LogP contribution in [0.1, 0.15) is 30.6 Å². The highest BCUT2D eigenvalue weighted by Gasteiger charge is 2.18. The van der Waals surface area contributed by atoms with Crippen LogP contribution in [0.5, 0.6) is 5.75 Å². The van der Waals surface area contributed by atoms with Crippen molar-refractivity contribution in [1.29, 1.82) is 0 Å². The van der Waals surface area contributed by atoms with Crippen LogP contribution in [-0.4, -0.2) is 42.1 Å². The van der Waals surface area contributed by atoms with Crippen LogP contribution < -0.4 is 4.74 Å². The van der Waals surface area contributed by atoms with Crippen molar-refractivity contribution >= 4 is 11.9 Å². The largest absolute Gasteiger partial charge is 0.494 e. The summed E-state index contributed by atoms with van der Waals surface area (Å²) < 4.78 is 5.48.